The number of rotatable bonds is 5. The number of para-hydroxylation sites is 1. The summed E-state index contributed by atoms with van der Waals surface area (Å²) in [6.07, 6.45) is 4.20. The van der Waals surface area contributed by atoms with Gasteiger partial charge in [-0.3, -0.25) is 14.5 Å². The predicted octanol–water partition coefficient (Wildman–Crippen LogP) is 3.47. The quantitative estimate of drug-likeness (QED) is 0.623. The molecule has 0 bridgehead atoms. The van der Waals surface area contributed by atoms with Gasteiger partial charge in [-0.1, -0.05) is 18.2 Å². The fourth-order valence-corrected chi connectivity index (χ4v) is 4.16. The number of aromatic nitrogens is 1. The van der Waals surface area contributed by atoms with E-state index >= 15 is 0 Å². The van der Waals surface area contributed by atoms with E-state index < -0.39 is 5.91 Å². The normalized spacial score (nSPS) is 16.6. The van der Waals surface area contributed by atoms with Crippen LogP contribution in [0.3, 0.4) is 0 Å². The smallest absolute Gasteiger partial charge is 0.248 e. The van der Waals surface area contributed by atoms with E-state index in [1.54, 1.807) is 24.3 Å². The highest BCUT2D eigenvalue weighted by Gasteiger charge is 2.28. The lowest BCUT2D eigenvalue weighted by atomic mass is 9.88. The SMILES string of the molecule is C[C@@H](C(=O)Nc1ccc(C(N)=O)cc1)N1CCC(c2c[nH]c3ccccc23)CC1. The first kappa shape index (κ1) is 19.2. The molecule has 0 radical (unpaired) electrons. The maximum absolute atomic E-state index is 12.7. The van der Waals surface area contributed by atoms with Crippen LogP contribution in [0, 0.1) is 0 Å². The molecule has 2 aromatic carbocycles. The molecular weight excluding hydrogens is 364 g/mol. The summed E-state index contributed by atoms with van der Waals surface area (Å²) in [4.78, 5) is 29.4. The summed E-state index contributed by atoms with van der Waals surface area (Å²) in [6, 6.07) is 14.8. The van der Waals surface area contributed by atoms with Crippen molar-refractivity contribution >= 4 is 28.4 Å². The first-order chi connectivity index (χ1) is 14.0. The van der Waals surface area contributed by atoms with Gasteiger partial charge in [0, 0.05) is 28.4 Å². The number of amides is 2. The molecule has 2 heterocycles. The third-order valence-electron chi connectivity index (χ3n) is 5.95. The van der Waals surface area contributed by atoms with Crippen molar-refractivity contribution in [2.24, 2.45) is 5.73 Å². The van der Waals surface area contributed by atoms with Gasteiger partial charge in [0.05, 0.1) is 6.04 Å². The molecule has 6 nitrogen and oxygen atoms in total. The van der Waals surface area contributed by atoms with E-state index in [0.717, 1.165) is 25.9 Å². The van der Waals surface area contributed by atoms with Crippen LogP contribution in [0.2, 0.25) is 0 Å². The number of nitrogens with zero attached hydrogens (tertiary/aromatic N) is 1. The lowest BCUT2D eigenvalue weighted by Crippen LogP contribution is -2.45. The Balaban J connectivity index is 1.35. The number of nitrogens with two attached hydrogens (primary N) is 1. The van der Waals surface area contributed by atoms with Crippen LogP contribution < -0.4 is 11.1 Å². The Kier molecular flexibility index (Phi) is 5.36. The minimum absolute atomic E-state index is 0.0395. The second-order valence-electron chi connectivity index (χ2n) is 7.71. The molecule has 1 atom stereocenters. The molecule has 1 aromatic heterocycles. The van der Waals surface area contributed by atoms with Crippen molar-refractivity contribution < 1.29 is 9.59 Å². The van der Waals surface area contributed by atoms with Gasteiger partial charge in [0.2, 0.25) is 11.8 Å². The summed E-state index contributed by atoms with van der Waals surface area (Å²) in [7, 11) is 0. The van der Waals surface area contributed by atoms with Crippen molar-refractivity contribution in [2.75, 3.05) is 18.4 Å². The van der Waals surface area contributed by atoms with Crippen LogP contribution in [0.15, 0.2) is 54.7 Å². The number of nitrogens with one attached hydrogen (secondary N) is 2. The Morgan fingerprint density at radius 2 is 1.79 bits per heavy atom. The molecule has 0 spiro atoms. The highest BCUT2D eigenvalue weighted by Crippen LogP contribution is 2.33. The van der Waals surface area contributed by atoms with Gasteiger partial charge in [-0.05, 0) is 74.7 Å². The van der Waals surface area contributed by atoms with Gasteiger partial charge >= 0.3 is 0 Å². The van der Waals surface area contributed by atoms with Gasteiger partial charge < -0.3 is 16.0 Å². The number of anilines is 1. The molecular formula is C23H26N4O2. The van der Waals surface area contributed by atoms with Gasteiger partial charge in [0.15, 0.2) is 0 Å². The number of H-pyrrole nitrogens is 1. The Bertz CT molecular complexity index is 1020. The number of carbonyl (C=O) groups excluding carboxylic acids is 2. The van der Waals surface area contributed by atoms with Crippen LogP contribution in [-0.2, 0) is 4.79 Å². The highest BCUT2D eigenvalue weighted by atomic mass is 16.2. The summed E-state index contributed by atoms with van der Waals surface area (Å²) in [6.45, 7) is 3.72. The number of benzene rings is 2. The van der Waals surface area contributed by atoms with Crippen LogP contribution in [0.5, 0.6) is 0 Å². The molecule has 3 aromatic rings. The number of hydrogen-bond acceptors (Lipinski definition) is 3. The standard InChI is InChI=1S/C23H26N4O2/c1-15(23(29)26-18-8-6-17(7-9-18)22(24)28)27-12-10-16(11-13-27)20-14-25-21-5-3-2-4-19(20)21/h2-9,14-16,25H,10-13H2,1H3,(H2,24,28)(H,26,29)/t15-/m0/s1. The first-order valence-corrected chi connectivity index (χ1v) is 10.0. The fourth-order valence-electron chi connectivity index (χ4n) is 4.16. The topological polar surface area (TPSA) is 91.2 Å². The number of primary amides is 1. The molecule has 1 aliphatic rings. The van der Waals surface area contributed by atoms with E-state index in [0.29, 0.717) is 17.2 Å². The minimum Gasteiger partial charge on any atom is -0.366 e. The molecule has 0 saturated carbocycles. The maximum atomic E-state index is 12.7. The molecule has 4 N–H and O–H groups in total. The zero-order chi connectivity index (χ0) is 20.4. The van der Waals surface area contributed by atoms with Crippen LogP contribution in [-0.4, -0.2) is 40.8 Å². The van der Waals surface area contributed by atoms with E-state index in [-0.39, 0.29) is 11.9 Å². The molecule has 1 fully saturated rings. The lowest BCUT2D eigenvalue weighted by Gasteiger charge is -2.35. The van der Waals surface area contributed by atoms with Gasteiger partial charge in [-0.2, -0.15) is 0 Å². The molecule has 6 heteroatoms. The fraction of sp³-hybridized carbons (Fsp3) is 0.304. The summed E-state index contributed by atoms with van der Waals surface area (Å²) in [5.41, 5.74) is 8.91. The molecule has 150 valence electrons. The molecule has 0 unspecified atom stereocenters. The number of piperidine rings is 1. The average molecular weight is 390 g/mol. The summed E-state index contributed by atoms with van der Waals surface area (Å²) in [5.74, 6) is -0.00399. The number of aromatic amines is 1. The third-order valence-corrected chi connectivity index (χ3v) is 5.95. The lowest BCUT2D eigenvalue weighted by molar-refractivity contribution is -0.121. The largest absolute Gasteiger partial charge is 0.366 e. The van der Waals surface area contributed by atoms with Crippen molar-refractivity contribution in [1.29, 1.82) is 0 Å². The zero-order valence-electron chi connectivity index (χ0n) is 16.5. The zero-order valence-corrected chi connectivity index (χ0v) is 16.5. The Hall–Kier alpha value is -3.12. The molecule has 0 aliphatic carbocycles. The van der Waals surface area contributed by atoms with Gasteiger partial charge in [0.25, 0.3) is 0 Å². The highest BCUT2D eigenvalue weighted by molar-refractivity contribution is 5.96. The second-order valence-corrected chi connectivity index (χ2v) is 7.71. The number of fused-ring (bicyclic) bond motifs is 1. The number of likely N-dealkylation sites (tertiary alicyclic amines) is 1. The van der Waals surface area contributed by atoms with E-state index in [1.807, 2.05) is 13.0 Å². The van der Waals surface area contributed by atoms with Crippen molar-refractivity contribution in [1.82, 2.24) is 9.88 Å². The number of carbonyl (C=O) groups is 2. The summed E-state index contributed by atoms with van der Waals surface area (Å²) in [5, 5.41) is 4.23. The van der Waals surface area contributed by atoms with E-state index in [4.69, 9.17) is 5.73 Å². The molecule has 4 rings (SSSR count). The molecule has 1 saturated heterocycles. The van der Waals surface area contributed by atoms with Crippen LogP contribution in [0.25, 0.3) is 10.9 Å². The molecule has 1 aliphatic heterocycles. The van der Waals surface area contributed by atoms with Crippen LogP contribution >= 0.6 is 0 Å². The van der Waals surface area contributed by atoms with Crippen molar-refractivity contribution in [3.8, 4) is 0 Å². The van der Waals surface area contributed by atoms with E-state index in [2.05, 4.69) is 39.6 Å². The average Bonchev–Trinajstić information content (AvgIpc) is 3.18. The molecule has 29 heavy (non-hydrogen) atoms. The van der Waals surface area contributed by atoms with Gasteiger partial charge in [-0.25, -0.2) is 0 Å². The van der Waals surface area contributed by atoms with E-state index in [1.165, 1.54) is 16.5 Å². The summed E-state index contributed by atoms with van der Waals surface area (Å²) >= 11 is 0. The third kappa shape index (κ3) is 4.03. The Labute approximate surface area is 170 Å². The van der Waals surface area contributed by atoms with Crippen molar-refractivity contribution in [3.63, 3.8) is 0 Å². The summed E-state index contributed by atoms with van der Waals surface area (Å²) < 4.78 is 0. The Morgan fingerprint density at radius 1 is 1.10 bits per heavy atom. The van der Waals surface area contributed by atoms with Gasteiger partial charge in [-0.15, -0.1) is 0 Å². The minimum atomic E-state index is -0.477. The van der Waals surface area contributed by atoms with Crippen molar-refractivity contribution in [3.05, 3.63) is 65.9 Å². The van der Waals surface area contributed by atoms with Gasteiger partial charge in [0.1, 0.15) is 0 Å². The van der Waals surface area contributed by atoms with E-state index in [9.17, 15) is 9.59 Å². The number of hydrogen-bond donors (Lipinski definition) is 3. The second kappa shape index (κ2) is 8.09. The van der Waals surface area contributed by atoms with Crippen LogP contribution in [0.1, 0.15) is 41.6 Å². The molecule has 2 amide bonds. The van der Waals surface area contributed by atoms with Crippen LogP contribution in [0.4, 0.5) is 5.69 Å². The van der Waals surface area contributed by atoms with Crippen molar-refractivity contribution in [2.45, 2.75) is 31.7 Å². The monoisotopic (exact) mass is 390 g/mol. The maximum Gasteiger partial charge on any atom is 0.248 e. The predicted molar refractivity (Wildman–Crippen MR) is 115 cm³/mol. The first-order valence-electron chi connectivity index (χ1n) is 10.0. The Morgan fingerprint density at radius 3 is 2.48 bits per heavy atom.